The van der Waals surface area contributed by atoms with Crippen LogP contribution in [0.15, 0.2) is 42.6 Å². The van der Waals surface area contributed by atoms with E-state index in [9.17, 15) is 18.8 Å². The number of aromatic nitrogens is 1. The lowest BCUT2D eigenvalue weighted by Gasteiger charge is -2.06. The van der Waals surface area contributed by atoms with Crippen molar-refractivity contribution in [3.8, 4) is 0 Å². The Hall–Kier alpha value is -2.96. The summed E-state index contributed by atoms with van der Waals surface area (Å²) in [6.45, 7) is -0.605. The topological polar surface area (TPSA) is 77.4 Å². The second-order valence-electron chi connectivity index (χ2n) is 4.46. The molecule has 0 aliphatic rings. The number of esters is 1. The summed E-state index contributed by atoms with van der Waals surface area (Å²) in [5.74, 6) is -2.60. The summed E-state index contributed by atoms with van der Waals surface area (Å²) in [4.78, 5) is 34.9. The Morgan fingerprint density at radius 3 is 2.45 bits per heavy atom. The van der Waals surface area contributed by atoms with E-state index >= 15 is 0 Å². The summed E-state index contributed by atoms with van der Waals surface area (Å²) < 4.78 is 19.0. The van der Waals surface area contributed by atoms with Gasteiger partial charge in [-0.1, -0.05) is 0 Å². The number of hydrogen-bond acceptors (Lipinski definition) is 4. The van der Waals surface area contributed by atoms with Gasteiger partial charge in [0.1, 0.15) is 11.5 Å². The van der Waals surface area contributed by atoms with Crippen LogP contribution in [0.25, 0.3) is 0 Å². The normalized spacial score (nSPS) is 10.1. The highest BCUT2D eigenvalue weighted by molar-refractivity contribution is 6.04. The van der Waals surface area contributed by atoms with Crippen molar-refractivity contribution >= 4 is 17.8 Å². The minimum absolute atomic E-state index is 0.114. The second kappa shape index (κ2) is 6.66. The van der Waals surface area contributed by atoms with Gasteiger partial charge in [0.2, 0.25) is 0 Å². The zero-order valence-corrected chi connectivity index (χ0v) is 11.7. The summed E-state index contributed by atoms with van der Waals surface area (Å²) in [5.41, 5.74) is 0.418. The van der Waals surface area contributed by atoms with Crippen LogP contribution in [0.3, 0.4) is 0 Å². The molecule has 0 saturated carbocycles. The van der Waals surface area contributed by atoms with Gasteiger partial charge in [0.05, 0.1) is 5.56 Å². The van der Waals surface area contributed by atoms with Crippen LogP contribution in [0.1, 0.15) is 20.8 Å². The lowest BCUT2D eigenvalue weighted by Crippen LogP contribution is -2.35. The Balaban J connectivity index is 1.85. The maximum atomic E-state index is 12.7. The third kappa shape index (κ3) is 3.78. The van der Waals surface area contributed by atoms with Crippen molar-refractivity contribution in [1.29, 1.82) is 0 Å². The molecule has 0 spiro atoms. The fraction of sp³-hybridized carbons (Fsp3) is 0.133. The zero-order chi connectivity index (χ0) is 16.1. The minimum Gasteiger partial charge on any atom is -0.452 e. The van der Waals surface area contributed by atoms with Gasteiger partial charge in [-0.3, -0.25) is 14.9 Å². The molecule has 0 atom stereocenters. The average molecular weight is 304 g/mol. The average Bonchev–Trinajstić information content (AvgIpc) is 2.91. The number of carbonyl (C=O) groups excluding carboxylic acids is 3. The number of amides is 2. The van der Waals surface area contributed by atoms with Crippen LogP contribution < -0.4 is 5.32 Å². The molecule has 0 unspecified atom stereocenters. The van der Waals surface area contributed by atoms with Gasteiger partial charge in [0.25, 0.3) is 11.8 Å². The summed E-state index contributed by atoms with van der Waals surface area (Å²) >= 11 is 0. The molecule has 114 valence electrons. The maximum absolute atomic E-state index is 12.7. The molecule has 6 nitrogen and oxygen atoms in total. The van der Waals surface area contributed by atoms with Crippen LogP contribution in [-0.2, 0) is 16.6 Å². The van der Waals surface area contributed by atoms with Crippen LogP contribution in [0.2, 0.25) is 0 Å². The van der Waals surface area contributed by atoms with Crippen molar-refractivity contribution in [2.75, 3.05) is 6.61 Å². The molecule has 2 aromatic rings. The van der Waals surface area contributed by atoms with Gasteiger partial charge in [-0.15, -0.1) is 0 Å². The molecule has 0 bridgehead atoms. The van der Waals surface area contributed by atoms with E-state index in [2.05, 4.69) is 5.32 Å². The number of carbonyl (C=O) groups is 3. The number of ether oxygens (including phenoxy) is 1. The van der Waals surface area contributed by atoms with Crippen molar-refractivity contribution in [2.45, 2.75) is 0 Å². The maximum Gasteiger partial charge on any atom is 0.338 e. The van der Waals surface area contributed by atoms with Crippen molar-refractivity contribution in [2.24, 2.45) is 7.05 Å². The van der Waals surface area contributed by atoms with E-state index in [0.717, 1.165) is 12.1 Å². The molecule has 1 N–H and O–H groups in total. The van der Waals surface area contributed by atoms with E-state index in [-0.39, 0.29) is 5.56 Å². The molecule has 0 fully saturated rings. The molecule has 0 saturated heterocycles. The third-order valence-electron chi connectivity index (χ3n) is 2.84. The van der Waals surface area contributed by atoms with Crippen LogP contribution in [0.4, 0.5) is 4.39 Å². The second-order valence-corrected chi connectivity index (χ2v) is 4.46. The van der Waals surface area contributed by atoms with Crippen molar-refractivity contribution in [1.82, 2.24) is 9.88 Å². The summed E-state index contributed by atoms with van der Waals surface area (Å²) in [7, 11) is 1.66. The zero-order valence-electron chi connectivity index (χ0n) is 11.7. The largest absolute Gasteiger partial charge is 0.452 e. The predicted molar refractivity (Wildman–Crippen MR) is 74.6 cm³/mol. The Bertz CT molecular complexity index is 707. The molecule has 1 aromatic heterocycles. The van der Waals surface area contributed by atoms with Crippen molar-refractivity contribution in [3.05, 3.63) is 59.7 Å². The molecule has 0 radical (unpaired) electrons. The van der Waals surface area contributed by atoms with E-state index < -0.39 is 30.2 Å². The van der Waals surface area contributed by atoms with E-state index in [1.807, 2.05) is 0 Å². The Morgan fingerprint density at radius 2 is 1.86 bits per heavy atom. The van der Waals surface area contributed by atoms with Gasteiger partial charge in [-0.25, -0.2) is 9.18 Å². The van der Waals surface area contributed by atoms with Gasteiger partial charge in [0.15, 0.2) is 6.61 Å². The Labute approximate surface area is 125 Å². The SMILES string of the molecule is Cn1cccc1C(=O)NC(=O)COC(=O)c1ccc(F)cc1. The van der Waals surface area contributed by atoms with Gasteiger partial charge >= 0.3 is 5.97 Å². The molecule has 2 amide bonds. The lowest BCUT2D eigenvalue weighted by atomic mass is 10.2. The Morgan fingerprint density at radius 1 is 1.18 bits per heavy atom. The van der Waals surface area contributed by atoms with Gasteiger partial charge in [-0.2, -0.15) is 0 Å². The van der Waals surface area contributed by atoms with Crippen molar-refractivity contribution in [3.63, 3.8) is 0 Å². The first-order valence-corrected chi connectivity index (χ1v) is 6.35. The molecule has 0 aliphatic carbocycles. The molecule has 22 heavy (non-hydrogen) atoms. The van der Waals surface area contributed by atoms with Crippen molar-refractivity contribution < 1.29 is 23.5 Å². The summed E-state index contributed by atoms with van der Waals surface area (Å²) in [6.07, 6.45) is 1.66. The molecule has 0 aliphatic heterocycles. The fourth-order valence-electron chi connectivity index (χ4n) is 1.72. The molecule has 2 rings (SSSR count). The monoisotopic (exact) mass is 304 g/mol. The first-order chi connectivity index (χ1) is 10.5. The highest BCUT2D eigenvalue weighted by atomic mass is 19.1. The standard InChI is InChI=1S/C15H13FN2O4/c1-18-8-2-3-12(18)14(20)17-13(19)9-22-15(21)10-4-6-11(16)7-5-10/h2-8H,9H2,1H3,(H,17,19,20). The molecule has 7 heteroatoms. The lowest BCUT2D eigenvalue weighted by molar-refractivity contribution is -0.123. The number of halogens is 1. The molecular formula is C15H13FN2O4. The summed E-state index contributed by atoms with van der Waals surface area (Å²) in [5, 5.41) is 2.10. The molecule has 1 heterocycles. The first-order valence-electron chi connectivity index (χ1n) is 6.35. The third-order valence-corrected chi connectivity index (χ3v) is 2.84. The fourth-order valence-corrected chi connectivity index (χ4v) is 1.72. The quantitative estimate of drug-likeness (QED) is 0.863. The number of hydrogen-bond donors (Lipinski definition) is 1. The smallest absolute Gasteiger partial charge is 0.338 e. The highest BCUT2D eigenvalue weighted by Crippen LogP contribution is 2.04. The van der Waals surface area contributed by atoms with E-state index in [1.165, 1.54) is 12.1 Å². The van der Waals surface area contributed by atoms with E-state index in [0.29, 0.717) is 5.69 Å². The van der Waals surface area contributed by atoms with Gasteiger partial charge < -0.3 is 9.30 Å². The van der Waals surface area contributed by atoms with Crippen LogP contribution in [0, 0.1) is 5.82 Å². The predicted octanol–water partition coefficient (Wildman–Crippen LogP) is 1.28. The number of nitrogens with zero attached hydrogens (tertiary/aromatic N) is 1. The van der Waals surface area contributed by atoms with Crippen LogP contribution >= 0.6 is 0 Å². The Kier molecular flexibility index (Phi) is 4.67. The minimum atomic E-state index is -0.776. The van der Waals surface area contributed by atoms with E-state index in [4.69, 9.17) is 4.74 Å². The number of imide groups is 1. The number of aryl methyl sites for hydroxylation is 1. The molecule has 1 aromatic carbocycles. The number of benzene rings is 1. The van der Waals surface area contributed by atoms with E-state index in [1.54, 1.807) is 29.9 Å². The highest BCUT2D eigenvalue weighted by Gasteiger charge is 2.15. The van der Waals surface area contributed by atoms with Crippen LogP contribution in [0.5, 0.6) is 0 Å². The van der Waals surface area contributed by atoms with Crippen LogP contribution in [-0.4, -0.2) is 29.0 Å². The van der Waals surface area contributed by atoms with Gasteiger partial charge in [0, 0.05) is 13.2 Å². The summed E-state index contributed by atoms with van der Waals surface area (Å²) in [6, 6.07) is 7.90. The number of rotatable bonds is 4. The van der Waals surface area contributed by atoms with Gasteiger partial charge in [-0.05, 0) is 36.4 Å². The number of nitrogens with one attached hydrogen (secondary N) is 1. The molecular weight excluding hydrogens is 291 g/mol. The first kappa shape index (κ1) is 15.4.